The molecule has 2 atom stereocenters. The highest BCUT2D eigenvalue weighted by Crippen LogP contribution is 2.16. The topological polar surface area (TPSA) is 44.7 Å². The molecule has 0 spiro atoms. The number of benzene rings is 1. The lowest BCUT2D eigenvalue weighted by atomic mass is 10.0. The van der Waals surface area contributed by atoms with Crippen molar-refractivity contribution in [3.8, 4) is 0 Å². The number of nitrogens with one attached hydrogen (secondary N) is 1. The second-order valence-corrected chi connectivity index (χ2v) is 5.59. The Bertz CT molecular complexity index is 440. The zero-order chi connectivity index (χ0) is 15.1. The number of halogens is 3. The zero-order valence-corrected chi connectivity index (χ0v) is 15.0. The van der Waals surface area contributed by atoms with Crippen molar-refractivity contribution in [2.45, 2.75) is 31.5 Å². The number of likely N-dealkylation sites (tertiary alicyclic amines) is 1. The SMILES string of the molecule is COCCCN[C@@H]1CCN(Cc2ccccc2F)C[C@H]1O.Cl.Cl. The molecule has 1 aromatic carbocycles. The lowest BCUT2D eigenvalue weighted by molar-refractivity contribution is 0.0360. The average molecular weight is 369 g/mol. The van der Waals surface area contributed by atoms with Gasteiger partial charge in [-0.15, -0.1) is 24.8 Å². The van der Waals surface area contributed by atoms with Crippen molar-refractivity contribution < 1.29 is 14.2 Å². The van der Waals surface area contributed by atoms with Gasteiger partial charge in [-0.25, -0.2) is 4.39 Å². The largest absolute Gasteiger partial charge is 0.390 e. The van der Waals surface area contributed by atoms with Gasteiger partial charge in [0, 0.05) is 45.0 Å². The molecule has 23 heavy (non-hydrogen) atoms. The Kier molecular flexibility index (Phi) is 11.8. The molecular weight excluding hydrogens is 342 g/mol. The van der Waals surface area contributed by atoms with E-state index in [1.54, 1.807) is 19.2 Å². The van der Waals surface area contributed by atoms with Crippen LogP contribution in [0, 0.1) is 5.82 Å². The normalized spacial score (nSPS) is 21.3. The maximum absolute atomic E-state index is 13.6. The van der Waals surface area contributed by atoms with Crippen LogP contribution < -0.4 is 5.32 Å². The molecule has 1 heterocycles. The molecule has 7 heteroatoms. The molecular formula is C16H27Cl2FN2O2. The number of nitrogens with zero attached hydrogens (tertiary/aromatic N) is 1. The lowest BCUT2D eigenvalue weighted by Crippen LogP contribution is -2.52. The monoisotopic (exact) mass is 368 g/mol. The number of piperidine rings is 1. The molecule has 0 aromatic heterocycles. The van der Waals surface area contributed by atoms with Gasteiger partial charge in [-0.3, -0.25) is 4.90 Å². The van der Waals surface area contributed by atoms with Crippen molar-refractivity contribution in [1.29, 1.82) is 0 Å². The Balaban J connectivity index is 0.00000242. The first-order valence-corrected chi connectivity index (χ1v) is 7.57. The summed E-state index contributed by atoms with van der Waals surface area (Å²) in [4.78, 5) is 2.11. The van der Waals surface area contributed by atoms with Crippen molar-refractivity contribution in [3.05, 3.63) is 35.6 Å². The van der Waals surface area contributed by atoms with Crippen molar-refractivity contribution in [2.75, 3.05) is 33.4 Å². The molecule has 1 fully saturated rings. The summed E-state index contributed by atoms with van der Waals surface area (Å²) in [5, 5.41) is 13.6. The molecule has 1 saturated heterocycles. The fraction of sp³-hybridized carbons (Fsp3) is 0.625. The lowest BCUT2D eigenvalue weighted by Gasteiger charge is -2.36. The van der Waals surface area contributed by atoms with Crippen molar-refractivity contribution in [1.82, 2.24) is 10.2 Å². The van der Waals surface area contributed by atoms with Crippen LogP contribution in [0.4, 0.5) is 4.39 Å². The maximum atomic E-state index is 13.6. The molecule has 2 N–H and O–H groups in total. The highest BCUT2D eigenvalue weighted by molar-refractivity contribution is 5.85. The Morgan fingerprint density at radius 1 is 1.35 bits per heavy atom. The van der Waals surface area contributed by atoms with E-state index in [0.717, 1.165) is 32.5 Å². The van der Waals surface area contributed by atoms with Crippen LogP contribution in [-0.2, 0) is 11.3 Å². The molecule has 0 unspecified atom stereocenters. The summed E-state index contributed by atoms with van der Waals surface area (Å²) in [6.07, 6.45) is 1.41. The molecule has 0 amide bonds. The molecule has 0 saturated carbocycles. The molecule has 4 nitrogen and oxygen atoms in total. The molecule has 1 aliphatic heterocycles. The van der Waals surface area contributed by atoms with Crippen LogP contribution in [0.2, 0.25) is 0 Å². The average Bonchev–Trinajstić information content (AvgIpc) is 2.48. The first-order chi connectivity index (χ1) is 10.2. The predicted molar refractivity (Wildman–Crippen MR) is 95.1 cm³/mol. The molecule has 134 valence electrons. The van der Waals surface area contributed by atoms with E-state index in [9.17, 15) is 9.50 Å². The number of rotatable bonds is 7. The standard InChI is InChI=1S/C16H25FN2O2.2ClH/c1-21-10-4-8-18-15-7-9-19(12-16(15)20)11-13-5-2-3-6-14(13)17;;/h2-3,5-6,15-16,18,20H,4,7-12H2,1H3;2*1H/t15-,16-;;/m1../s1. The second-order valence-electron chi connectivity index (χ2n) is 5.59. The van der Waals surface area contributed by atoms with Crippen LogP contribution in [0.1, 0.15) is 18.4 Å². The fourth-order valence-corrected chi connectivity index (χ4v) is 2.75. The second kappa shape index (κ2) is 12.0. The van der Waals surface area contributed by atoms with E-state index >= 15 is 0 Å². The van der Waals surface area contributed by atoms with Crippen LogP contribution >= 0.6 is 24.8 Å². The van der Waals surface area contributed by atoms with Gasteiger partial charge in [0.05, 0.1) is 6.10 Å². The molecule has 2 rings (SSSR count). The van der Waals surface area contributed by atoms with Gasteiger partial charge < -0.3 is 15.2 Å². The summed E-state index contributed by atoms with van der Waals surface area (Å²) >= 11 is 0. The number of β-amino-alcohol motifs (C(OH)–C–C–N with tert-alkyl or cyclic N) is 1. The van der Waals surface area contributed by atoms with Crippen LogP contribution in [0.25, 0.3) is 0 Å². The number of aliphatic hydroxyl groups excluding tert-OH is 1. The first kappa shape index (κ1) is 22.6. The Labute approximate surface area is 150 Å². The summed E-state index contributed by atoms with van der Waals surface area (Å²) < 4.78 is 18.7. The van der Waals surface area contributed by atoms with Crippen molar-refractivity contribution in [2.24, 2.45) is 0 Å². The fourth-order valence-electron chi connectivity index (χ4n) is 2.75. The summed E-state index contributed by atoms with van der Waals surface area (Å²) in [5.74, 6) is -0.174. The number of hydrogen-bond acceptors (Lipinski definition) is 4. The highest BCUT2D eigenvalue weighted by Gasteiger charge is 2.27. The number of hydrogen-bond donors (Lipinski definition) is 2. The van der Waals surface area contributed by atoms with Crippen LogP contribution in [0.15, 0.2) is 24.3 Å². The molecule has 0 radical (unpaired) electrons. The summed E-state index contributed by atoms with van der Waals surface area (Å²) in [6.45, 7) is 3.59. The van der Waals surface area contributed by atoms with Gasteiger partial charge in [-0.2, -0.15) is 0 Å². The van der Waals surface area contributed by atoms with Gasteiger partial charge >= 0.3 is 0 Å². The van der Waals surface area contributed by atoms with Gasteiger partial charge in [-0.1, -0.05) is 18.2 Å². The minimum absolute atomic E-state index is 0. The van der Waals surface area contributed by atoms with Gasteiger partial charge in [0.25, 0.3) is 0 Å². The molecule has 1 aromatic rings. The minimum Gasteiger partial charge on any atom is -0.390 e. The third kappa shape index (κ3) is 7.33. The van der Waals surface area contributed by atoms with E-state index in [0.29, 0.717) is 18.7 Å². The minimum atomic E-state index is -0.409. The maximum Gasteiger partial charge on any atom is 0.127 e. The zero-order valence-electron chi connectivity index (χ0n) is 13.4. The summed E-state index contributed by atoms with van der Waals surface area (Å²) in [7, 11) is 1.69. The number of methoxy groups -OCH3 is 1. The van der Waals surface area contributed by atoms with Crippen LogP contribution in [0.3, 0.4) is 0 Å². The van der Waals surface area contributed by atoms with E-state index in [1.807, 2.05) is 6.07 Å². The molecule has 0 bridgehead atoms. The van der Waals surface area contributed by atoms with E-state index in [2.05, 4.69) is 10.2 Å². The summed E-state index contributed by atoms with van der Waals surface area (Å²) in [5.41, 5.74) is 0.691. The highest BCUT2D eigenvalue weighted by atomic mass is 35.5. The third-order valence-electron chi connectivity index (χ3n) is 3.95. The van der Waals surface area contributed by atoms with E-state index in [4.69, 9.17) is 4.74 Å². The quantitative estimate of drug-likeness (QED) is 0.724. The molecule has 0 aliphatic carbocycles. The first-order valence-electron chi connectivity index (χ1n) is 7.57. The van der Waals surface area contributed by atoms with E-state index in [1.165, 1.54) is 6.07 Å². The van der Waals surface area contributed by atoms with Crippen molar-refractivity contribution >= 4 is 24.8 Å². The Morgan fingerprint density at radius 2 is 2.09 bits per heavy atom. The third-order valence-corrected chi connectivity index (χ3v) is 3.95. The predicted octanol–water partition coefficient (Wildman–Crippen LogP) is 2.23. The van der Waals surface area contributed by atoms with Gasteiger partial charge in [-0.05, 0) is 25.5 Å². The van der Waals surface area contributed by atoms with Crippen LogP contribution in [0.5, 0.6) is 0 Å². The summed E-state index contributed by atoms with van der Waals surface area (Å²) in [6, 6.07) is 6.95. The van der Waals surface area contributed by atoms with Crippen molar-refractivity contribution in [3.63, 3.8) is 0 Å². The van der Waals surface area contributed by atoms with Crippen LogP contribution in [-0.4, -0.2) is 55.5 Å². The Hall–Kier alpha value is -0.430. The molecule has 1 aliphatic rings. The van der Waals surface area contributed by atoms with E-state index < -0.39 is 6.10 Å². The smallest absolute Gasteiger partial charge is 0.127 e. The number of ether oxygens (including phenoxy) is 1. The number of aliphatic hydroxyl groups is 1. The van der Waals surface area contributed by atoms with E-state index in [-0.39, 0.29) is 36.7 Å². The van der Waals surface area contributed by atoms with Gasteiger partial charge in [0.1, 0.15) is 5.82 Å². The van der Waals surface area contributed by atoms with Gasteiger partial charge in [0.15, 0.2) is 0 Å². The Morgan fingerprint density at radius 3 is 2.74 bits per heavy atom. The van der Waals surface area contributed by atoms with Gasteiger partial charge in [0.2, 0.25) is 0 Å².